The second kappa shape index (κ2) is 10.6. The third-order valence-electron chi connectivity index (χ3n) is 5.33. The molecule has 0 bridgehead atoms. The molecule has 4 aromatic rings. The van der Waals surface area contributed by atoms with Gasteiger partial charge in [0.25, 0.3) is 5.22 Å². The van der Waals surface area contributed by atoms with Crippen molar-refractivity contribution >= 4 is 38.7 Å². The number of aromatic nitrogens is 2. The van der Waals surface area contributed by atoms with E-state index in [1.54, 1.807) is 45.0 Å². The first-order valence-corrected chi connectivity index (χ1v) is 13.6. The van der Waals surface area contributed by atoms with E-state index >= 15 is 0 Å². The van der Waals surface area contributed by atoms with E-state index in [1.165, 1.54) is 22.1 Å². The van der Waals surface area contributed by atoms with Crippen molar-refractivity contribution < 1.29 is 26.8 Å². The van der Waals surface area contributed by atoms with E-state index in [9.17, 15) is 13.2 Å². The summed E-state index contributed by atoms with van der Waals surface area (Å²) in [5.41, 5.74) is 1.76. The van der Waals surface area contributed by atoms with Gasteiger partial charge in [0, 0.05) is 35.4 Å². The third-order valence-corrected chi connectivity index (χ3v) is 8.22. The minimum absolute atomic E-state index is 0.148. The number of sulfonamides is 1. The number of esters is 1. The van der Waals surface area contributed by atoms with Crippen molar-refractivity contribution in [1.82, 2.24) is 14.5 Å². The molecule has 0 aliphatic rings. The minimum Gasteiger partial charge on any atom is -0.460 e. The van der Waals surface area contributed by atoms with E-state index in [1.807, 2.05) is 18.2 Å². The predicted octanol–water partition coefficient (Wildman–Crippen LogP) is 4.98. The van der Waals surface area contributed by atoms with E-state index in [2.05, 4.69) is 10.2 Å². The molecule has 4 rings (SSSR count). The van der Waals surface area contributed by atoms with Crippen LogP contribution in [0.25, 0.3) is 22.4 Å². The number of para-hydroxylation sites is 1. The molecule has 0 aliphatic carbocycles. The number of carbonyl (C=O) groups is 1. The Bertz CT molecular complexity index is 1440. The van der Waals surface area contributed by atoms with E-state index in [0.29, 0.717) is 35.6 Å². The summed E-state index contributed by atoms with van der Waals surface area (Å²) >= 11 is 1.25. The van der Waals surface area contributed by atoms with Gasteiger partial charge < -0.3 is 13.6 Å². The lowest BCUT2D eigenvalue weighted by atomic mass is 10.1. The average molecular weight is 516 g/mol. The van der Waals surface area contributed by atoms with Gasteiger partial charge in [-0.1, -0.05) is 49.9 Å². The molecule has 2 aromatic carbocycles. The lowest BCUT2D eigenvalue weighted by Crippen LogP contribution is -2.30. The Labute approximate surface area is 207 Å². The summed E-state index contributed by atoms with van der Waals surface area (Å²) in [5, 5.41) is 9.24. The van der Waals surface area contributed by atoms with Gasteiger partial charge in [0.1, 0.15) is 5.58 Å². The van der Waals surface area contributed by atoms with Crippen LogP contribution in [0.4, 0.5) is 0 Å². The van der Waals surface area contributed by atoms with Gasteiger partial charge in [0.15, 0.2) is 0 Å². The normalized spacial score (nSPS) is 11.9. The largest absolute Gasteiger partial charge is 0.460 e. The van der Waals surface area contributed by atoms with Gasteiger partial charge in [0.05, 0.1) is 11.5 Å². The van der Waals surface area contributed by atoms with Crippen molar-refractivity contribution in [3.05, 3.63) is 59.9 Å². The van der Waals surface area contributed by atoms with Crippen LogP contribution < -0.4 is 0 Å². The Morgan fingerprint density at radius 3 is 2.54 bits per heavy atom. The lowest BCUT2D eigenvalue weighted by Gasteiger charge is -2.18. The third kappa shape index (κ3) is 5.12. The van der Waals surface area contributed by atoms with Crippen molar-refractivity contribution in [3.8, 4) is 11.5 Å². The van der Waals surface area contributed by atoms with E-state index in [0.717, 1.165) is 5.39 Å². The SMILES string of the molecule is CCOC(=O)c1oc2ccccc2c1CSc1nnc(-c2cccc(S(=O)(=O)N(CC)CC)c2)o1. The number of hydrogen-bond donors (Lipinski definition) is 0. The van der Waals surface area contributed by atoms with Crippen LogP contribution in [0.5, 0.6) is 0 Å². The molecule has 35 heavy (non-hydrogen) atoms. The van der Waals surface area contributed by atoms with Crippen molar-refractivity contribution in [2.75, 3.05) is 19.7 Å². The van der Waals surface area contributed by atoms with Crippen molar-refractivity contribution in [2.24, 2.45) is 0 Å². The summed E-state index contributed by atoms with van der Waals surface area (Å²) in [6.45, 7) is 6.31. The van der Waals surface area contributed by atoms with Crippen molar-refractivity contribution in [3.63, 3.8) is 0 Å². The molecule has 0 radical (unpaired) electrons. The monoisotopic (exact) mass is 515 g/mol. The number of thioether (sulfide) groups is 1. The average Bonchev–Trinajstić information content (AvgIpc) is 3.48. The molecule has 0 saturated heterocycles. The molecular weight excluding hydrogens is 490 g/mol. The van der Waals surface area contributed by atoms with Gasteiger partial charge in [-0.2, -0.15) is 4.31 Å². The van der Waals surface area contributed by atoms with E-state index < -0.39 is 16.0 Å². The minimum atomic E-state index is -3.62. The second-order valence-electron chi connectivity index (χ2n) is 7.41. The number of rotatable bonds is 10. The molecule has 184 valence electrons. The van der Waals surface area contributed by atoms with Crippen LogP contribution in [-0.4, -0.2) is 48.6 Å². The smallest absolute Gasteiger partial charge is 0.374 e. The van der Waals surface area contributed by atoms with Gasteiger partial charge in [-0.25, -0.2) is 13.2 Å². The fourth-order valence-electron chi connectivity index (χ4n) is 3.62. The molecule has 9 nitrogen and oxygen atoms in total. The number of hydrogen-bond acceptors (Lipinski definition) is 9. The number of nitrogens with zero attached hydrogens (tertiary/aromatic N) is 3. The second-order valence-corrected chi connectivity index (χ2v) is 10.3. The fraction of sp³-hybridized carbons (Fsp3) is 0.292. The number of ether oxygens (including phenoxy) is 1. The van der Waals surface area contributed by atoms with Crippen LogP contribution in [0, 0.1) is 0 Å². The van der Waals surface area contributed by atoms with Gasteiger partial charge in [-0.05, 0) is 31.2 Å². The number of carbonyl (C=O) groups excluding carboxylic acids is 1. The highest BCUT2D eigenvalue weighted by Gasteiger charge is 2.24. The maximum absolute atomic E-state index is 12.9. The first kappa shape index (κ1) is 25.0. The Morgan fingerprint density at radius 2 is 1.80 bits per heavy atom. The first-order valence-electron chi connectivity index (χ1n) is 11.1. The summed E-state index contributed by atoms with van der Waals surface area (Å²) < 4.78 is 43.8. The molecule has 0 spiro atoms. The molecule has 11 heteroatoms. The molecular formula is C24H25N3O6S2. The van der Waals surface area contributed by atoms with Crippen LogP contribution in [0.15, 0.2) is 67.5 Å². The maximum Gasteiger partial charge on any atom is 0.374 e. The quantitative estimate of drug-likeness (QED) is 0.213. The van der Waals surface area contributed by atoms with Crippen LogP contribution in [0.2, 0.25) is 0 Å². The maximum atomic E-state index is 12.9. The van der Waals surface area contributed by atoms with Crippen molar-refractivity contribution in [1.29, 1.82) is 0 Å². The summed E-state index contributed by atoms with van der Waals surface area (Å²) in [7, 11) is -3.62. The summed E-state index contributed by atoms with van der Waals surface area (Å²) in [6, 6.07) is 13.8. The molecule has 2 aromatic heterocycles. The number of benzene rings is 2. The molecule has 2 heterocycles. The highest BCUT2D eigenvalue weighted by Crippen LogP contribution is 2.33. The van der Waals surface area contributed by atoms with Crippen LogP contribution in [-0.2, 0) is 20.5 Å². The highest BCUT2D eigenvalue weighted by molar-refractivity contribution is 7.98. The van der Waals surface area contributed by atoms with Crippen LogP contribution in [0.3, 0.4) is 0 Å². The molecule has 0 aliphatic heterocycles. The zero-order valence-electron chi connectivity index (χ0n) is 19.6. The Balaban J connectivity index is 1.57. The first-order chi connectivity index (χ1) is 16.9. The van der Waals surface area contributed by atoms with Gasteiger partial charge in [-0.3, -0.25) is 0 Å². The van der Waals surface area contributed by atoms with Gasteiger partial charge in [-0.15, -0.1) is 10.2 Å². The molecule has 0 unspecified atom stereocenters. The van der Waals surface area contributed by atoms with Gasteiger partial charge >= 0.3 is 5.97 Å². The summed E-state index contributed by atoms with van der Waals surface area (Å²) in [6.07, 6.45) is 0. The van der Waals surface area contributed by atoms with Crippen LogP contribution in [0.1, 0.15) is 36.9 Å². The van der Waals surface area contributed by atoms with E-state index in [-0.39, 0.29) is 28.4 Å². The Hall–Kier alpha value is -3.15. The molecule has 0 atom stereocenters. The molecule has 0 N–H and O–H groups in total. The Morgan fingerprint density at radius 1 is 1.03 bits per heavy atom. The highest BCUT2D eigenvalue weighted by atomic mass is 32.2. The van der Waals surface area contributed by atoms with E-state index in [4.69, 9.17) is 13.6 Å². The Kier molecular flexibility index (Phi) is 7.58. The lowest BCUT2D eigenvalue weighted by molar-refractivity contribution is 0.0491. The predicted molar refractivity (Wildman–Crippen MR) is 132 cm³/mol. The molecule has 0 fully saturated rings. The molecule has 0 amide bonds. The zero-order valence-corrected chi connectivity index (χ0v) is 21.2. The topological polar surface area (TPSA) is 116 Å². The standard InChI is InChI=1S/C24H25N3O6S2/c1-4-27(5-2)35(29,30)17-11-9-10-16(14-17)22-25-26-24(33-22)34-15-19-18-12-7-8-13-20(18)32-21(19)23(28)31-6-3/h7-14H,4-6,15H2,1-3H3. The van der Waals surface area contributed by atoms with Gasteiger partial charge in [0.2, 0.25) is 21.7 Å². The number of fused-ring (bicyclic) bond motifs is 1. The summed E-state index contributed by atoms with van der Waals surface area (Å²) in [5.74, 6) is 0.154. The van der Waals surface area contributed by atoms with Crippen molar-refractivity contribution in [2.45, 2.75) is 36.6 Å². The number of furan rings is 1. The van der Waals surface area contributed by atoms with Crippen LogP contribution >= 0.6 is 11.8 Å². The molecule has 0 saturated carbocycles. The fourth-order valence-corrected chi connectivity index (χ4v) is 5.92. The zero-order chi connectivity index (χ0) is 25.0. The summed E-state index contributed by atoms with van der Waals surface area (Å²) in [4.78, 5) is 12.6.